The van der Waals surface area contributed by atoms with Gasteiger partial charge < -0.3 is 5.11 Å². The van der Waals surface area contributed by atoms with Crippen LogP contribution in [0.25, 0.3) is 0 Å². The van der Waals surface area contributed by atoms with Crippen LogP contribution in [-0.2, 0) is 4.79 Å². The van der Waals surface area contributed by atoms with Gasteiger partial charge in [0.05, 0.1) is 6.42 Å². The van der Waals surface area contributed by atoms with Gasteiger partial charge in [0.25, 0.3) is 0 Å². The fraction of sp³-hybridized carbons (Fsp3) is 0.900. The standard InChI is InChI=1S/C10H20O2S/c1-5-10(4,6-8(11)12)7-9(2,3)13/h13H,5-7H2,1-4H3,(H,11,12). The lowest BCUT2D eigenvalue weighted by Gasteiger charge is -2.33. The summed E-state index contributed by atoms with van der Waals surface area (Å²) in [6.07, 6.45) is 1.93. The third-order valence-corrected chi connectivity index (χ3v) is 2.45. The lowest BCUT2D eigenvalue weighted by molar-refractivity contribution is -0.139. The molecule has 0 saturated heterocycles. The maximum absolute atomic E-state index is 10.6. The first-order valence-electron chi connectivity index (χ1n) is 4.63. The summed E-state index contributed by atoms with van der Waals surface area (Å²) in [5, 5.41) is 8.75. The van der Waals surface area contributed by atoms with Gasteiger partial charge in [0, 0.05) is 4.75 Å². The van der Waals surface area contributed by atoms with Crippen LogP contribution in [0.5, 0.6) is 0 Å². The molecule has 3 heteroatoms. The summed E-state index contributed by atoms with van der Waals surface area (Å²) in [5.74, 6) is -0.720. The minimum atomic E-state index is -0.720. The summed E-state index contributed by atoms with van der Waals surface area (Å²) in [6.45, 7) is 8.08. The molecule has 0 bridgehead atoms. The van der Waals surface area contributed by atoms with Crippen molar-refractivity contribution in [3.8, 4) is 0 Å². The highest BCUT2D eigenvalue weighted by molar-refractivity contribution is 7.81. The summed E-state index contributed by atoms with van der Waals surface area (Å²) in [4.78, 5) is 10.6. The zero-order valence-corrected chi connectivity index (χ0v) is 9.82. The van der Waals surface area contributed by atoms with Crippen molar-refractivity contribution in [2.75, 3.05) is 0 Å². The van der Waals surface area contributed by atoms with Crippen LogP contribution >= 0.6 is 12.6 Å². The van der Waals surface area contributed by atoms with Crippen molar-refractivity contribution >= 4 is 18.6 Å². The predicted molar refractivity (Wildman–Crippen MR) is 58.3 cm³/mol. The number of hydrogen-bond acceptors (Lipinski definition) is 2. The van der Waals surface area contributed by atoms with Crippen LogP contribution in [0.2, 0.25) is 0 Å². The van der Waals surface area contributed by atoms with Gasteiger partial charge in [-0.25, -0.2) is 0 Å². The molecule has 0 aromatic rings. The molecule has 0 radical (unpaired) electrons. The minimum Gasteiger partial charge on any atom is -0.481 e. The van der Waals surface area contributed by atoms with Crippen LogP contribution in [0.1, 0.15) is 47.0 Å². The van der Waals surface area contributed by atoms with Crippen molar-refractivity contribution in [2.45, 2.75) is 51.7 Å². The predicted octanol–water partition coefficient (Wildman–Crippen LogP) is 2.98. The average Bonchev–Trinajstić information content (AvgIpc) is 1.81. The second-order valence-electron chi connectivity index (χ2n) is 4.72. The summed E-state index contributed by atoms with van der Waals surface area (Å²) in [7, 11) is 0. The van der Waals surface area contributed by atoms with Gasteiger partial charge in [0.2, 0.25) is 0 Å². The molecule has 0 amide bonds. The number of rotatable bonds is 5. The number of aliphatic carboxylic acids is 1. The minimum absolute atomic E-state index is 0.0970. The topological polar surface area (TPSA) is 37.3 Å². The van der Waals surface area contributed by atoms with Gasteiger partial charge in [0.15, 0.2) is 0 Å². The van der Waals surface area contributed by atoms with Crippen LogP contribution < -0.4 is 0 Å². The Bertz CT molecular complexity index is 184. The van der Waals surface area contributed by atoms with Crippen LogP contribution in [-0.4, -0.2) is 15.8 Å². The van der Waals surface area contributed by atoms with Gasteiger partial charge in [-0.3, -0.25) is 4.79 Å². The fourth-order valence-electron chi connectivity index (χ4n) is 1.72. The second kappa shape index (κ2) is 4.36. The molecule has 13 heavy (non-hydrogen) atoms. The molecule has 1 unspecified atom stereocenters. The van der Waals surface area contributed by atoms with Gasteiger partial charge >= 0.3 is 5.97 Å². The van der Waals surface area contributed by atoms with Crippen molar-refractivity contribution in [2.24, 2.45) is 5.41 Å². The smallest absolute Gasteiger partial charge is 0.303 e. The Kier molecular flexibility index (Phi) is 4.30. The Morgan fingerprint density at radius 3 is 2.08 bits per heavy atom. The normalized spacial score (nSPS) is 16.7. The zero-order valence-electron chi connectivity index (χ0n) is 8.92. The van der Waals surface area contributed by atoms with E-state index in [0.717, 1.165) is 12.8 Å². The molecule has 0 heterocycles. The van der Waals surface area contributed by atoms with Crippen molar-refractivity contribution in [3.63, 3.8) is 0 Å². The highest BCUT2D eigenvalue weighted by atomic mass is 32.1. The van der Waals surface area contributed by atoms with Crippen molar-refractivity contribution in [1.29, 1.82) is 0 Å². The summed E-state index contributed by atoms with van der Waals surface area (Å²) >= 11 is 4.43. The van der Waals surface area contributed by atoms with Crippen molar-refractivity contribution < 1.29 is 9.90 Å². The molecular formula is C10H20O2S. The van der Waals surface area contributed by atoms with Crippen molar-refractivity contribution in [3.05, 3.63) is 0 Å². The van der Waals surface area contributed by atoms with Gasteiger partial charge in [-0.1, -0.05) is 34.1 Å². The maximum atomic E-state index is 10.6. The molecule has 0 spiro atoms. The first-order valence-corrected chi connectivity index (χ1v) is 5.07. The Hall–Kier alpha value is -0.180. The number of carboxylic acid groups (broad SMARTS) is 1. The van der Waals surface area contributed by atoms with Gasteiger partial charge in [0.1, 0.15) is 0 Å². The lowest BCUT2D eigenvalue weighted by Crippen LogP contribution is -2.28. The quantitative estimate of drug-likeness (QED) is 0.676. The van der Waals surface area contributed by atoms with E-state index in [1.807, 2.05) is 27.7 Å². The number of carbonyl (C=O) groups is 1. The van der Waals surface area contributed by atoms with Crippen LogP contribution in [0, 0.1) is 5.41 Å². The number of carboxylic acids is 1. The summed E-state index contributed by atoms with van der Waals surface area (Å²) < 4.78 is -0.0970. The molecule has 0 aromatic heterocycles. The Morgan fingerprint density at radius 1 is 1.38 bits per heavy atom. The molecule has 0 aliphatic carbocycles. The SMILES string of the molecule is CCC(C)(CC(=O)O)CC(C)(C)S. The average molecular weight is 204 g/mol. The maximum Gasteiger partial charge on any atom is 0.303 e. The first-order chi connectivity index (χ1) is 5.68. The number of thiol groups is 1. The van der Waals surface area contributed by atoms with E-state index in [1.54, 1.807) is 0 Å². The molecule has 0 aliphatic rings. The van der Waals surface area contributed by atoms with E-state index in [4.69, 9.17) is 5.11 Å². The molecule has 0 rings (SSSR count). The lowest BCUT2D eigenvalue weighted by atomic mass is 9.77. The molecular weight excluding hydrogens is 184 g/mol. The summed E-state index contributed by atoms with van der Waals surface area (Å²) in [6, 6.07) is 0. The number of hydrogen-bond donors (Lipinski definition) is 2. The van der Waals surface area contributed by atoms with Crippen LogP contribution in [0.15, 0.2) is 0 Å². The summed E-state index contributed by atoms with van der Waals surface area (Å²) in [5.41, 5.74) is -0.128. The van der Waals surface area contributed by atoms with Crippen molar-refractivity contribution in [1.82, 2.24) is 0 Å². The van der Waals surface area contributed by atoms with E-state index in [2.05, 4.69) is 12.6 Å². The van der Waals surface area contributed by atoms with E-state index in [9.17, 15) is 4.79 Å². The van der Waals surface area contributed by atoms with Gasteiger partial charge in [-0.15, -0.1) is 0 Å². The Balaban J connectivity index is 4.36. The highest BCUT2D eigenvalue weighted by Crippen LogP contribution is 2.37. The molecule has 1 atom stereocenters. The van der Waals surface area contributed by atoms with E-state index in [1.165, 1.54) is 0 Å². The van der Waals surface area contributed by atoms with E-state index in [-0.39, 0.29) is 16.6 Å². The van der Waals surface area contributed by atoms with E-state index in [0.29, 0.717) is 0 Å². The molecule has 78 valence electrons. The zero-order chi connectivity index (χ0) is 10.7. The Morgan fingerprint density at radius 2 is 1.85 bits per heavy atom. The first kappa shape index (κ1) is 12.8. The molecule has 2 nitrogen and oxygen atoms in total. The Labute approximate surface area is 86.1 Å². The molecule has 0 saturated carbocycles. The third kappa shape index (κ3) is 5.97. The largest absolute Gasteiger partial charge is 0.481 e. The van der Waals surface area contributed by atoms with Gasteiger partial charge in [-0.05, 0) is 11.8 Å². The molecule has 0 aliphatic heterocycles. The molecule has 0 aromatic carbocycles. The second-order valence-corrected chi connectivity index (χ2v) is 5.93. The van der Waals surface area contributed by atoms with E-state index < -0.39 is 5.97 Å². The third-order valence-electron chi connectivity index (χ3n) is 2.29. The van der Waals surface area contributed by atoms with E-state index >= 15 is 0 Å². The monoisotopic (exact) mass is 204 g/mol. The molecule has 1 N–H and O–H groups in total. The van der Waals surface area contributed by atoms with Crippen LogP contribution in [0.4, 0.5) is 0 Å². The van der Waals surface area contributed by atoms with Crippen LogP contribution in [0.3, 0.4) is 0 Å². The van der Waals surface area contributed by atoms with Gasteiger partial charge in [-0.2, -0.15) is 12.6 Å². The molecule has 0 fully saturated rings. The fourth-order valence-corrected chi connectivity index (χ4v) is 2.10. The highest BCUT2D eigenvalue weighted by Gasteiger charge is 2.31.